The quantitative estimate of drug-likeness (QED) is 0.0809. The summed E-state index contributed by atoms with van der Waals surface area (Å²) in [5, 5.41) is 0. The molecule has 0 saturated carbocycles. The lowest BCUT2D eigenvalue weighted by Crippen LogP contribution is -2.31. The molecule has 0 heterocycles. The van der Waals surface area contributed by atoms with Gasteiger partial charge in [0.05, 0.1) is 24.4 Å². The Kier molecular flexibility index (Phi) is 23.0. The molecule has 0 aromatic heterocycles. The minimum atomic E-state index is -0.242. The number of hydrogen-bond acceptors (Lipinski definition) is 5. The maximum Gasteiger partial charge on any atom is 0.305 e. The molecular weight excluding hydrogens is 452 g/mol. The first-order valence-corrected chi connectivity index (χ1v) is 15.1. The lowest BCUT2D eigenvalue weighted by molar-refractivity contribution is -0.145. The molecule has 5 heteroatoms. The van der Waals surface area contributed by atoms with E-state index in [2.05, 4.69) is 34.6 Å². The van der Waals surface area contributed by atoms with E-state index in [1.807, 2.05) is 0 Å². The number of methoxy groups -OCH3 is 1. The van der Waals surface area contributed by atoms with Crippen molar-refractivity contribution in [3.8, 4) is 0 Å². The van der Waals surface area contributed by atoms with E-state index in [1.165, 1.54) is 83.5 Å². The molecule has 0 saturated heterocycles. The molecule has 0 amide bonds. The van der Waals surface area contributed by atoms with E-state index < -0.39 is 0 Å². The molecule has 0 rings (SSSR count). The highest BCUT2D eigenvalue weighted by Gasteiger charge is 2.21. The zero-order chi connectivity index (χ0) is 27.0. The summed E-state index contributed by atoms with van der Waals surface area (Å²) >= 11 is 0. The van der Waals surface area contributed by atoms with E-state index in [-0.39, 0.29) is 17.2 Å². The summed E-state index contributed by atoms with van der Waals surface area (Å²) in [6, 6.07) is 0. The summed E-state index contributed by atoms with van der Waals surface area (Å²) in [5.41, 5.74) is -0.406. The van der Waals surface area contributed by atoms with Crippen molar-refractivity contribution < 1.29 is 23.7 Å². The van der Waals surface area contributed by atoms with E-state index in [1.54, 1.807) is 7.11 Å². The predicted molar refractivity (Wildman–Crippen MR) is 152 cm³/mol. The van der Waals surface area contributed by atoms with Gasteiger partial charge >= 0.3 is 5.97 Å². The predicted octanol–water partition coefficient (Wildman–Crippen LogP) is 8.81. The van der Waals surface area contributed by atoms with Crippen molar-refractivity contribution in [1.29, 1.82) is 0 Å². The van der Waals surface area contributed by atoms with Gasteiger partial charge in [0.15, 0.2) is 0 Å². The summed E-state index contributed by atoms with van der Waals surface area (Å²) in [4.78, 5) is 11.9. The van der Waals surface area contributed by atoms with Gasteiger partial charge in [-0.05, 0) is 47.0 Å². The van der Waals surface area contributed by atoms with Crippen LogP contribution in [0.2, 0.25) is 0 Å². The Hall–Kier alpha value is -0.650. The number of esters is 1. The van der Waals surface area contributed by atoms with Crippen LogP contribution in [0, 0.1) is 0 Å². The molecule has 0 aliphatic carbocycles. The molecule has 0 aromatic carbocycles. The van der Waals surface area contributed by atoms with E-state index in [9.17, 15) is 4.79 Å². The second-order valence-electron chi connectivity index (χ2n) is 11.6. The van der Waals surface area contributed by atoms with Crippen LogP contribution < -0.4 is 0 Å². The van der Waals surface area contributed by atoms with Crippen LogP contribution in [0.5, 0.6) is 0 Å². The Labute approximate surface area is 224 Å². The van der Waals surface area contributed by atoms with Crippen LogP contribution in [-0.2, 0) is 23.7 Å². The normalized spacial score (nSPS) is 12.3. The van der Waals surface area contributed by atoms with Crippen LogP contribution in [-0.4, -0.2) is 50.7 Å². The van der Waals surface area contributed by atoms with Crippen molar-refractivity contribution in [3.63, 3.8) is 0 Å². The number of unbranched alkanes of at least 4 members (excludes halogenated alkanes) is 14. The summed E-state index contributed by atoms with van der Waals surface area (Å²) in [6.07, 6.45) is 22.1. The SMILES string of the molecule is CCCCCCCCCCCCCCCCCC(=O)OCCOCCC(C)(C)OCCC(C)(C)OC. The van der Waals surface area contributed by atoms with Gasteiger partial charge in [-0.1, -0.05) is 96.8 Å². The third-order valence-electron chi connectivity index (χ3n) is 7.07. The molecule has 0 aromatic rings. The van der Waals surface area contributed by atoms with Crippen LogP contribution in [0.25, 0.3) is 0 Å². The molecule has 216 valence electrons. The second-order valence-corrected chi connectivity index (χ2v) is 11.6. The topological polar surface area (TPSA) is 54.0 Å². The second kappa shape index (κ2) is 23.5. The fourth-order valence-electron chi connectivity index (χ4n) is 4.09. The number of ether oxygens (including phenoxy) is 4. The molecule has 0 unspecified atom stereocenters. The molecule has 0 N–H and O–H groups in total. The van der Waals surface area contributed by atoms with Crippen LogP contribution in [0.15, 0.2) is 0 Å². The fourth-order valence-corrected chi connectivity index (χ4v) is 4.09. The highest BCUT2D eigenvalue weighted by atomic mass is 16.6. The lowest BCUT2D eigenvalue weighted by atomic mass is 10.0. The Morgan fingerprint density at radius 1 is 0.583 bits per heavy atom. The van der Waals surface area contributed by atoms with Crippen molar-refractivity contribution in [2.45, 2.75) is 161 Å². The first-order valence-electron chi connectivity index (χ1n) is 15.1. The number of rotatable bonds is 27. The molecule has 0 atom stereocenters. The van der Waals surface area contributed by atoms with Gasteiger partial charge < -0.3 is 18.9 Å². The fraction of sp³-hybridized carbons (Fsp3) is 0.968. The summed E-state index contributed by atoms with van der Waals surface area (Å²) in [6.45, 7) is 12.6. The maximum atomic E-state index is 11.9. The van der Waals surface area contributed by atoms with E-state index in [0.717, 1.165) is 25.7 Å². The van der Waals surface area contributed by atoms with Crippen molar-refractivity contribution >= 4 is 5.97 Å². The Morgan fingerprint density at radius 2 is 1.06 bits per heavy atom. The summed E-state index contributed by atoms with van der Waals surface area (Å²) in [5.74, 6) is -0.0993. The Morgan fingerprint density at radius 3 is 1.56 bits per heavy atom. The lowest BCUT2D eigenvalue weighted by Gasteiger charge is -2.28. The van der Waals surface area contributed by atoms with Gasteiger partial charge in [0.1, 0.15) is 6.61 Å². The summed E-state index contributed by atoms with van der Waals surface area (Å²) in [7, 11) is 1.73. The smallest absolute Gasteiger partial charge is 0.305 e. The van der Waals surface area contributed by atoms with Crippen LogP contribution in [0.3, 0.4) is 0 Å². The largest absolute Gasteiger partial charge is 0.463 e. The van der Waals surface area contributed by atoms with Gasteiger partial charge in [0.25, 0.3) is 0 Å². The van der Waals surface area contributed by atoms with Gasteiger partial charge in [0.2, 0.25) is 0 Å². The van der Waals surface area contributed by atoms with Crippen LogP contribution >= 0.6 is 0 Å². The molecule has 0 fully saturated rings. The molecule has 36 heavy (non-hydrogen) atoms. The monoisotopic (exact) mass is 514 g/mol. The zero-order valence-corrected chi connectivity index (χ0v) is 25.1. The number of carbonyl (C=O) groups excluding carboxylic acids is 1. The molecule has 0 aliphatic rings. The Balaban J connectivity index is 3.40. The van der Waals surface area contributed by atoms with E-state index in [4.69, 9.17) is 18.9 Å². The van der Waals surface area contributed by atoms with E-state index >= 15 is 0 Å². The zero-order valence-electron chi connectivity index (χ0n) is 25.1. The minimum Gasteiger partial charge on any atom is -0.463 e. The first-order chi connectivity index (χ1) is 17.2. The van der Waals surface area contributed by atoms with Gasteiger partial charge in [0, 0.05) is 20.1 Å². The molecule has 5 nitrogen and oxygen atoms in total. The van der Waals surface area contributed by atoms with Crippen molar-refractivity contribution in [2.75, 3.05) is 33.5 Å². The maximum absolute atomic E-state index is 11.9. The minimum absolute atomic E-state index is 0.0993. The average Bonchev–Trinajstić information content (AvgIpc) is 2.83. The first kappa shape index (κ1) is 35.4. The standard InChI is InChI=1S/C31H62O5/c1-7-8-9-10-11-12-13-14-15-16-17-18-19-20-21-22-29(32)35-28-27-34-25-23-31(4,5)36-26-24-30(2,3)33-6/h7-28H2,1-6H3. The van der Waals surface area contributed by atoms with Gasteiger partial charge in [-0.3, -0.25) is 4.79 Å². The molecule has 0 bridgehead atoms. The highest BCUT2D eigenvalue weighted by molar-refractivity contribution is 5.69. The van der Waals surface area contributed by atoms with Gasteiger partial charge in [-0.2, -0.15) is 0 Å². The average molecular weight is 515 g/mol. The number of hydrogen-bond donors (Lipinski definition) is 0. The van der Waals surface area contributed by atoms with Crippen molar-refractivity contribution in [1.82, 2.24) is 0 Å². The van der Waals surface area contributed by atoms with Crippen LogP contribution in [0.4, 0.5) is 0 Å². The van der Waals surface area contributed by atoms with Crippen molar-refractivity contribution in [3.05, 3.63) is 0 Å². The number of carbonyl (C=O) groups is 1. The third-order valence-corrected chi connectivity index (χ3v) is 7.07. The van der Waals surface area contributed by atoms with Gasteiger partial charge in [-0.15, -0.1) is 0 Å². The van der Waals surface area contributed by atoms with E-state index in [0.29, 0.717) is 32.8 Å². The van der Waals surface area contributed by atoms with Crippen LogP contribution in [0.1, 0.15) is 150 Å². The summed E-state index contributed by atoms with van der Waals surface area (Å²) < 4.78 is 22.3. The molecule has 0 radical (unpaired) electrons. The molecular formula is C31H62O5. The van der Waals surface area contributed by atoms with Gasteiger partial charge in [-0.25, -0.2) is 0 Å². The Bertz CT molecular complexity index is 489. The highest BCUT2D eigenvalue weighted by Crippen LogP contribution is 2.19. The van der Waals surface area contributed by atoms with Crippen molar-refractivity contribution in [2.24, 2.45) is 0 Å². The third kappa shape index (κ3) is 25.0. The molecule has 0 aliphatic heterocycles. The molecule has 0 spiro atoms.